The molecule has 0 spiro atoms. The summed E-state index contributed by atoms with van der Waals surface area (Å²) in [5.74, 6) is -0.368. The Kier molecular flexibility index (Phi) is 2.54. The molecule has 0 aromatic carbocycles. The smallest absolute Gasteiger partial charge is 0.374 e. The highest BCUT2D eigenvalue weighted by atomic mass is 32.1. The molecule has 5 heteroatoms. The van der Waals surface area contributed by atoms with E-state index in [9.17, 15) is 4.79 Å². The number of methoxy groups -OCH3 is 1. The summed E-state index contributed by atoms with van der Waals surface area (Å²) in [5.41, 5.74) is 0.787. The van der Waals surface area contributed by atoms with Crippen LogP contribution in [0.2, 0.25) is 0 Å². The van der Waals surface area contributed by atoms with E-state index < -0.39 is 5.97 Å². The zero-order chi connectivity index (χ0) is 9.14. The van der Waals surface area contributed by atoms with Gasteiger partial charge in [-0.2, -0.15) is 0 Å². The first-order valence-corrected chi connectivity index (χ1v) is 3.70. The highest BCUT2D eigenvalue weighted by Crippen LogP contribution is 1.97. The number of hydrogen-bond donors (Lipinski definition) is 1. The molecule has 1 heterocycles. The predicted molar refractivity (Wildman–Crippen MR) is 45.5 cm³/mol. The maximum Gasteiger partial charge on any atom is 0.374 e. The van der Waals surface area contributed by atoms with Gasteiger partial charge in [-0.25, -0.2) is 9.78 Å². The third-order valence-corrected chi connectivity index (χ3v) is 1.47. The lowest BCUT2D eigenvalue weighted by Gasteiger charge is -1.99. The average Bonchev–Trinajstić information content (AvgIpc) is 2.01. The van der Waals surface area contributed by atoms with Crippen LogP contribution < -0.4 is 0 Å². The fourth-order valence-corrected chi connectivity index (χ4v) is 1.04. The minimum Gasteiger partial charge on any atom is -0.463 e. The Morgan fingerprint density at radius 1 is 1.75 bits per heavy atom. The van der Waals surface area contributed by atoms with Crippen LogP contribution in [0.3, 0.4) is 0 Å². The first kappa shape index (κ1) is 8.86. The first-order valence-electron chi connectivity index (χ1n) is 3.30. The predicted octanol–water partition coefficient (Wildman–Crippen LogP) is 1.23. The molecule has 0 aliphatic carbocycles. The molecule has 0 fully saturated rings. The van der Waals surface area contributed by atoms with Crippen LogP contribution in [0.15, 0.2) is 6.07 Å². The SMILES string of the molecule is COC(=O)c1nc(=S)cc(C)[nH]1. The quantitative estimate of drug-likeness (QED) is 0.527. The number of aryl methyl sites for hydroxylation is 1. The molecule has 0 saturated carbocycles. The molecule has 64 valence electrons. The molecule has 0 aliphatic rings. The lowest BCUT2D eigenvalue weighted by molar-refractivity contribution is 0.0586. The minimum atomic E-state index is -0.509. The second-order valence-corrected chi connectivity index (χ2v) is 2.66. The highest BCUT2D eigenvalue weighted by Gasteiger charge is 2.06. The summed E-state index contributed by atoms with van der Waals surface area (Å²) in [5, 5.41) is 0. The number of esters is 1. The molecule has 0 radical (unpaired) electrons. The van der Waals surface area contributed by atoms with Crippen LogP contribution >= 0.6 is 12.2 Å². The van der Waals surface area contributed by atoms with Gasteiger partial charge in [0.05, 0.1) is 7.11 Å². The molecule has 0 atom stereocenters. The summed E-state index contributed by atoms with van der Waals surface area (Å²) >= 11 is 4.82. The lowest BCUT2D eigenvalue weighted by atomic mass is 10.4. The van der Waals surface area contributed by atoms with E-state index in [1.807, 2.05) is 0 Å². The maximum atomic E-state index is 11.0. The van der Waals surface area contributed by atoms with Crippen molar-refractivity contribution in [2.24, 2.45) is 0 Å². The van der Waals surface area contributed by atoms with E-state index in [2.05, 4.69) is 14.7 Å². The van der Waals surface area contributed by atoms with Crippen molar-refractivity contribution in [3.8, 4) is 0 Å². The number of carbonyl (C=O) groups is 1. The molecule has 4 nitrogen and oxygen atoms in total. The Morgan fingerprint density at radius 2 is 2.42 bits per heavy atom. The maximum absolute atomic E-state index is 11.0. The Hall–Kier alpha value is -1.23. The number of H-pyrrole nitrogens is 1. The molecule has 1 N–H and O–H groups in total. The highest BCUT2D eigenvalue weighted by molar-refractivity contribution is 7.71. The van der Waals surface area contributed by atoms with Gasteiger partial charge in [0.2, 0.25) is 5.82 Å². The number of aromatic nitrogens is 2. The van der Waals surface area contributed by atoms with Gasteiger partial charge in [0.25, 0.3) is 0 Å². The molecular formula is C7H8N2O2S. The van der Waals surface area contributed by atoms with Gasteiger partial charge in [0.15, 0.2) is 0 Å². The van der Waals surface area contributed by atoms with Crippen molar-refractivity contribution in [1.82, 2.24) is 9.97 Å². The number of carbonyl (C=O) groups excluding carboxylic acids is 1. The van der Waals surface area contributed by atoms with Gasteiger partial charge in [-0.3, -0.25) is 0 Å². The lowest BCUT2D eigenvalue weighted by Crippen LogP contribution is -2.08. The van der Waals surface area contributed by atoms with Crippen LogP contribution in [0.1, 0.15) is 16.3 Å². The Labute approximate surface area is 74.6 Å². The molecule has 0 amide bonds. The summed E-state index contributed by atoms with van der Waals surface area (Å²) in [6.07, 6.45) is 0. The van der Waals surface area contributed by atoms with Gasteiger partial charge < -0.3 is 9.72 Å². The summed E-state index contributed by atoms with van der Waals surface area (Å²) in [7, 11) is 1.29. The summed E-state index contributed by atoms with van der Waals surface area (Å²) in [6, 6.07) is 1.67. The normalized spacial score (nSPS) is 9.50. The van der Waals surface area contributed by atoms with Crippen LogP contribution in [-0.2, 0) is 4.74 Å². The van der Waals surface area contributed by atoms with Crippen molar-refractivity contribution in [1.29, 1.82) is 0 Å². The molecule has 1 aromatic rings. The van der Waals surface area contributed by atoms with E-state index in [1.54, 1.807) is 13.0 Å². The summed E-state index contributed by atoms with van der Waals surface area (Å²) in [4.78, 5) is 17.5. The molecule has 0 bridgehead atoms. The van der Waals surface area contributed by atoms with Crippen molar-refractivity contribution in [2.45, 2.75) is 6.92 Å². The monoisotopic (exact) mass is 184 g/mol. The fraction of sp³-hybridized carbons (Fsp3) is 0.286. The summed E-state index contributed by atoms with van der Waals surface area (Å²) in [6.45, 7) is 1.80. The molecule has 12 heavy (non-hydrogen) atoms. The summed E-state index contributed by atoms with van der Waals surface area (Å²) < 4.78 is 4.85. The van der Waals surface area contributed by atoms with E-state index in [0.29, 0.717) is 4.64 Å². The van der Waals surface area contributed by atoms with Crippen molar-refractivity contribution in [3.05, 3.63) is 22.2 Å². The number of rotatable bonds is 1. The Bertz CT molecular complexity index is 359. The van der Waals surface area contributed by atoms with E-state index in [-0.39, 0.29) is 5.82 Å². The standard InChI is InChI=1S/C7H8N2O2S/c1-4-3-5(12)9-6(8-4)7(10)11-2/h3H,1-2H3,(H,8,9,12). The van der Waals surface area contributed by atoms with Crippen LogP contribution in [-0.4, -0.2) is 23.0 Å². The molecule has 0 unspecified atom stereocenters. The van der Waals surface area contributed by atoms with E-state index >= 15 is 0 Å². The van der Waals surface area contributed by atoms with Crippen LogP contribution in [0.4, 0.5) is 0 Å². The van der Waals surface area contributed by atoms with Gasteiger partial charge in [0.1, 0.15) is 4.64 Å². The van der Waals surface area contributed by atoms with Gasteiger partial charge in [-0.1, -0.05) is 12.2 Å². The van der Waals surface area contributed by atoms with Crippen LogP contribution in [0.5, 0.6) is 0 Å². The zero-order valence-electron chi connectivity index (χ0n) is 6.75. The van der Waals surface area contributed by atoms with Gasteiger partial charge in [0, 0.05) is 5.69 Å². The fourth-order valence-electron chi connectivity index (χ4n) is 0.772. The van der Waals surface area contributed by atoms with Crippen molar-refractivity contribution in [3.63, 3.8) is 0 Å². The van der Waals surface area contributed by atoms with E-state index in [1.165, 1.54) is 7.11 Å². The zero-order valence-corrected chi connectivity index (χ0v) is 7.57. The number of nitrogens with zero attached hydrogens (tertiary/aromatic N) is 1. The molecule has 1 aromatic heterocycles. The van der Waals surface area contributed by atoms with Gasteiger partial charge in [-0.15, -0.1) is 0 Å². The minimum absolute atomic E-state index is 0.141. The molecule has 1 rings (SSSR count). The number of nitrogens with one attached hydrogen (secondary N) is 1. The van der Waals surface area contributed by atoms with Crippen LogP contribution in [0.25, 0.3) is 0 Å². The molecule has 0 saturated heterocycles. The third kappa shape index (κ3) is 1.88. The third-order valence-electron chi connectivity index (χ3n) is 1.26. The van der Waals surface area contributed by atoms with E-state index in [4.69, 9.17) is 12.2 Å². The largest absolute Gasteiger partial charge is 0.463 e. The Morgan fingerprint density at radius 3 is 2.92 bits per heavy atom. The first-order chi connectivity index (χ1) is 5.63. The van der Waals surface area contributed by atoms with Crippen molar-refractivity contribution in [2.75, 3.05) is 7.11 Å². The average molecular weight is 184 g/mol. The van der Waals surface area contributed by atoms with E-state index in [0.717, 1.165) is 5.69 Å². The second-order valence-electron chi connectivity index (χ2n) is 2.24. The van der Waals surface area contributed by atoms with Crippen LogP contribution in [0, 0.1) is 11.6 Å². The molecule has 0 aliphatic heterocycles. The Balaban J connectivity index is 3.17. The van der Waals surface area contributed by atoms with Gasteiger partial charge in [-0.05, 0) is 13.0 Å². The van der Waals surface area contributed by atoms with Crippen molar-refractivity contribution < 1.29 is 9.53 Å². The topological polar surface area (TPSA) is 55.0 Å². The van der Waals surface area contributed by atoms with Gasteiger partial charge >= 0.3 is 5.97 Å². The number of aromatic amines is 1. The number of hydrogen-bond acceptors (Lipinski definition) is 4. The van der Waals surface area contributed by atoms with Crippen molar-refractivity contribution >= 4 is 18.2 Å². The number of ether oxygens (including phenoxy) is 1. The molecular weight excluding hydrogens is 176 g/mol. The second kappa shape index (κ2) is 3.44.